The Morgan fingerprint density at radius 2 is 2.31 bits per heavy atom. The lowest BCUT2D eigenvalue weighted by atomic mass is 10.1. The second-order valence-corrected chi connectivity index (χ2v) is 2.70. The van der Waals surface area contributed by atoms with Crippen molar-refractivity contribution in [3.63, 3.8) is 0 Å². The number of esters is 1. The Morgan fingerprint density at radius 1 is 1.62 bits per heavy atom. The standard InChI is InChI=1S/C7H12O6/c1-3(9)12-7-6(11)5(10)4(2-8)13-7/h4-8,10-11H,2H2,1H3/t4-,5-,6-,7?/m1/s1/i1D. The molecule has 1 fully saturated rings. The lowest BCUT2D eigenvalue weighted by Gasteiger charge is -2.13. The fraction of sp³-hybridized carbons (Fsp3) is 0.857. The predicted octanol–water partition coefficient (Wildman–Crippen LogP) is -2.01. The summed E-state index contributed by atoms with van der Waals surface area (Å²) in [5.74, 6) is -0.861. The first-order valence-corrected chi connectivity index (χ1v) is 3.71. The summed E-state index contributed by atoms with van der Waals surface area (Å²) in [5, 5.41) is 27.2. The lowest BCUT2D eigenvalue weighted by molar-refractivity contribution is -0.187. The SMILES string of the molecule is [2H]CC(=O)OC1O[C@H](CO)[C@@H](O)[C@H]1O. The molecule has 1 unspecified atom stereocenters. The Hall–Kier alpha value is -0.690. The number of aliphatic hydroxyl groups is 3. The topological polar surface area (TPSA) is 96.2 Å². The van der Waals surface area contributed by atoms with E-state index < -0.39 is 44.1 Å². The van der Waals surface area contributed by atoms with E-state index in [4.69, 9.17) is 11.2 Å². The summed E-state index contributed by atoms with van der Waals surface area (Å²) in [5.41, 5.74) is 0. The van der Waals surface area contributed by atoms with Gasteiger partial charge in [0.25, 0.3) is 0 Å². The van der Waals surface area contributed by atoms with Crippen LogP contribution in [0.15, 0.2) is 0 Å². The third-order valence-corrected chi connectivity index (χ3v) is 1.75. The summed E-state index contributed by atoms with van der Waals surface area (Å²) in [7, 11) is 0. The minimum absolute atomic E-state index is 0.479. The van der Waals surface area contributed by atoms with Crippen LogP contribution in [0.4, 0.5) is 0 Å². The van der Waals surface area contributed by atoms with Gasteiger partial charge >= 0.3 is 5.97 Å². The third kappa shape index (κ3) is 2.16. The maximum Gasteiger partial charge on any atom is 0.305 e. The smallest absolute Gasteiger partial charge is 0.305 e. The normalized spacial score (nSPS) is 40.1. The van der Waals surface area contributed by atoms with Crippen LogP contribution in [0.3, 0.4) is 0 Å². The van der Waals surface area contributed by atoms with Gasteiger partial charge in [0.2, 0.25) is 6.29 Å². The molecular weight excluding hydrogens is 180 g/mol. The molecule has 0 bridgehead atoms. The molecule has 0 spiro atoms. The minimum Gasteiger partial charge on any atom is -0.433 e. The van der Waals surface area contributed by atoms with E-state index in [-0.39, 0.29) is 0 Å². The molecule has 0 aliphatic carbocycles. The average Bonchev–Trinajstić information content (AvgIpc) is 2.45. The summed E-state index contributed by atoms with van der Waals surface area (Å²) in [4.78, 5) is 10.7. The van der Waals surface area contributed by atoms with Crippen LogP contribution in [0.25, 0.3) is 0 Å². The number of hydrogen-bond donors (Lipinski definition) is 3. The molecule has 1 rings (SSSR count). The summed E-state index contributed by atoms with van der Waals surface area (Å²) in [6.07, 6.45) is -4.94. The van der Waals surface area contributed by atoms with Crippen molar-refractivity contribution in [2.75, 3.05) is 6.61 Å². The van der Waals surface area contributed by atoms with Gasteiger partial charge < -0.3 is 24.8 Å². The molecular formula is C7H12O6. The first kappa shape index (κ1) is 8.89. The van der Waals surface area contributed by atoms with E-state index in [1.165, 1.54) is 0 Å². The van der Waals surface area contributed by atoms with E-state index >= 15 is 0 Å². The van der Waals surface area contributed by atoms with Crippen LogP contribution in [0.5, 0.6) is 0 Å². The quantitative estimate of drug-likeness (QED) is 0.438. The Kier molecular flexibility index (Phi) is 2.74. The second kappa shape index (κ2) is 4.01. The van der Waals surface area contributed by atoms with E-state index in [9.17, 15) is 15.0 Å². The molecule has 1 aliphatic heterocycles. The van der Waals surface area contributed by atoms with Crippen LogP contribution >= 0.6 is 0 Å². The maximum absolute atomic E-state index is 10.7. The highest BCUT2D eigenvalue weighted by atomic mass is 16.7. The largest absolute Gasteiger partial charge is 0.433 e. The number of rotatable bonds is 2. The fourth-order valence-electron chi connectivity index (χ4n) is 1.09. The molecule has 0 aromatic carbocycles. The van der Waals surface area contributed by atoms with Gasteiger partial charge in [-0.15, -0.1) is 0 Å². The fourth-order valence-corrected chi connectivity index (χ4v) is 1.09. The number of carbonyl (C=O) groups excluding carboxylic acids is 1. The average molecular weight is 193 g/mol. The molecule has 0 aromatic rings. The van der Waals surface area contributed by atoms with Crippen molar-refractivity contribution in [1.29, 1.82) is 0 Å². The molecule has 3 N–H and O–H groups in total. The van der Waals surface area contributed by atoms with Gasteiger partial charge in [0.15, 0.2) is 0 Å². The van der Waals surface area contributed by atoms with Gasteiger partial charge in [-0.25, -0.2) is 0 Å². The number of carbonyl (C=O) groups is 1. The van der Waals surface area contributed by atoms with Crippen molar-refractivity contribution >= 4 is 5.97 Å². The molecule has 6 heteroatoms. The Labute approximate surface area is 76.1 Å². The molecule has 4 atom stereocenters. The molecule has 6 nitrogen and oxygen atoms in total. The van der Waals surface area contributed by atoms with Crippen LogP contribution in [-0.4, -0.2) is 52.5 Å². The minimum atomic E-state index is -1.39. The van der Waals surface area contributed by atoms with Crippen molar-refractivity contribution in [3.8, 4) is 0 Å². The molecule has 13 heavy (non-hydrogen) atoms. The van der Waals surface area contributed by atoms with Gasteiger partial charge in [0.1, 0.15) is 18.3 Å². The van der Waals surface area contributed by atoms with Crippen molar-refractivity contribution in [3.05, 3.63) is 0 Å². The number of aliphatic hydroxyl groups excluding tert-OH is 3. The number of ether oxygens (including phenoxy) is 2. The van der Waals surface area contributed by atoms with E-state index in [1.54, 1.807) is 0 Å². The third-order valence-electron chi connectivity index (χ3n) is 1.75. The zero-order valence-electron chi connectivity index (χ0n) is 7.79. The summed E-state index contributed by atoms with van der Waals surface area (Å²) in [6, 6.07) is 0. The van der Waals surface area contributed by atoms with E-state index in [1.807, 2.05) is 0 Å². The van der Waals surface area contributed by atoms with Gasteiger partial charge in [0.05, 0.1) is 6.61 Å². The zero-order valence-corrected chi connectivity index (χ0v) is 6.79. The molecule has 1 saturated heterocycles. The van der Waals surface area contributed by atoms with Crippen LogP contribution in [0.1, 0.15) is 8.27 Å². The Balaban J connectivity index is 2.52. The molecule has 76 valence electrons. The molecule has 0 radical (unpaired) electrons. The highest BCUT2D eigenvalue weighted by Gasteiger charge is 2.44. The van der Waals surface area contributed by atoms with Crippen molar-refractivity contribution < 1.29 is 31.0 Å². The summed E-state index contributed by atoms with van der Waals surface area (Å²) in [6.45, 7) is -1.07. The Bertz CT molecular complexity index is 210. The highest BCUT2D eigenvalue weighted by Crippen LogP contribution is 2.21. The van der Waals surface area contributed by atoms with Crippen LogP contribution in [0, 0.1) is 0 Å². The molecule has 1 aliphatic rings. The molecule has 1 heterocycles. The summed E-state index contributed by atoms with van der Waals surface area (Å²) < 4.78 is 16.0. The van der Waals surface area contributed by atoms with E-state index in [2.05, 4.69) is 4.74 Å². The maximum atomic E-state index is 10.7. The first-order chi connectivity index (χ1) is 6.60. The van der Waals surface area contributed by atoms with Crippen LogP contribution < -0.4 is 0 Å². The van der Waals surface area contributed by atoms with Gasteiger partial charge in [-0.05, 0) is 0 Å². The van der Waals surface area contributed by atoms with Crippen LogP contribution in [-0.2, 0) is 14.3 Å². The van der Waals surface area contributed by atoms with Gasteiger partial charge in [-0.1, -0.05) is 0 Å². The first-order valence-electron chi connectivity index (χ1n) is 4.42. The molecule has 0 aromatic heterocycles. The van der Waals surface area contributed by atoms with Crippen LogP contribution in [0.2, 0.25) is 0 Å². The van der Waals surface area contributed by atoms with E-state index in [0.717, 1.165) is 0 Å². The lowest BCUT2D eigenvalue weighted by Crippen LogP contribution is -2.35. The Morgan fingerprint density at radius 3 is 2.77 bits per heavy atom. The molecule has 0 saturated carbocycles. The predicted molar refractivity (Wildman–Crippen MR) is 39.5 cm³/mol. The second-order valence-electron chi connectivity index (χ2n) is 2.70. The van der Waals surface area contributed by atoms with Crippen molar-refractivity contribution in [2.45, 2.75) is 31.5 Å². The van der Waals surface area contributed by atoms with Gasteiger partial charge in [-0.2, -0.15) is 0 Å². The van der Waals surface area contributed by atoms with Gasteiger partial charge in [0, 0.05) is 8.27 Å². The summed E-state index contributed by atoms with van der Waals surface area (Å²) >= 11 is 0. The van der Waals surface area contributed by atoms with E-state index in [0.29, 0.717) is 0 Å². The highest BCUT2D eigenvalue weighted by molar-refractivity contribution is 5.66. The molecule has 0 amide bonds. The van der Waals surface area contributed by atoms with Gasteiger partial charge in [-0.3, -0.25) is 4.79 Å². The van der Waals surface area contributed by atoms with Crippen molar-refractivity contribution in [2.24, 2.45) is 0 Å². The monoisotopic (exact) mass is 193 g/mol. The zero-order chi connectivity index (χ0) is 10.7. The van der Waals surface area contributed by atoms with Crippen molar-refractivity contribution in [1.82, 2.24) is 0 Å². The number of hydrogen-bond acceptors (Lipinski definition) is 6.